The van der Waals surface area contributed by atoms with Gasteiger partial charge in [0, 0.05) is 5.56 Å². The largest absolute Gasteiger partial charge is 0.460 e. The van der Waals surface area contributed by atoms with Crippen LogP contribution in [-0.2, 0) is 16.1 Å². The number of halogens is 2. The van der Waals surface area contributed by atoms with E-state index >= 15 is 0 Å². The summed E-state index contributed by atoms with van der Waals surface area (Å²) in [6.07, 6.45) is 1.62. The lowest BCUT2D eigenvalue weighted by molar-refractivity contribution is -0.141. The van der Waals surface area contributed by atoms with Gasteiger partial charge in [-0.1, -0.05) is 41.6 Å². The zero-order valence-corrected chi connectivity index (χ0v) is 14.0. The molecule has 0 aliphatic carbocycles. The van der Waals surface area contributed by atoms with Gasteiger partial charge >= 0.3 is 5.97 Å². The number of hydrogen-bond donors (Lipinski definition) is 0. The molecule has 0 atom stereocenters. The molecule has 24 heavy (non-hydrogen) atoms. The second-order valence-corrected chi connectivity index (χ2v) is 6.28. The van der Waals surface area contributed by atoms with E-state index in [9.17, 15) is 9.18 Å². The molecule has 0 aliphatic heterocycles. The normalized spacial score (nSPS) is 10.8. The molecule has 0 N–H and O–H groups in total. The number of hydrogen-bond acceptors (Lipinski definition) is 5. The van der Waals surface area contributed by atoms with Gasteiger partial charge in [0.05, 0.1) is 28.0 Å². The number of benzene rings is 2. The summed E-state index contributed by atoms with van der Waals surface area (Å²) in [6.45, 7) is 0.00189. The molecule has 0 spiro atoms. The lowest BCUT2D eigenvalue weighted by Gasteiger charge is -2.06. The van der Waals surface area contributed by atoms with E-state index in [1.165, 1.54) is 30.0 Å². The predicted octanol–water partition coefficient (Wildman–Crippen LogP) is 4.26. The Labute approximate surface area is 147 Å². The fourth-order valence-corrected chi connectivity index (χ4v) is 2.84. The first kappa shape index (κ1) is 16.7. The molecule has 0 bridgehead atoms. The van der Waals surface area contributed by atoms with Gasteiger partial charge in [-0.15, -0.1) is 0 Å². The van der Waals surface area contributed by atoms with Gasteiger partial charge < -0.3 is 4.74 Å². The van der Waals surface area contributed by atoms with Crippen molar-refractivity contribution in [2.24, 2.45) is 0 Å². The number of nitrogens with zero attached hydrogens (tertiary/aromatic N) is 2. The smallest absolute Gasteiger partial charge is 0.316 e. The van der Waals surface area contributed by atoms with Gasteiger partial charge in [-0.05, 0) is 24.3 Å². The van der Waals surface area contributed by atoms with Crippen molar-refractivity contribution in [3.8, 4) is 0 Å². The van der Waals surface area contributed by atoms with Gasteiger partial charge in [0.15, 0.2) is 0 Å². The zero-order valence-electron chi connectivity index (χ0n) is 12.4. The number of para-hydroxylation sites is 2. The minimum Gasteiger partial charge on any atom is -0.460 e. The minimum atomic E-state index is -0.430. The van der Waals surface area contributed by atoms with E-state index < -0.39 is 11.8 Å². The highest BCUT2D eigenvalue weighted by atomic mass is 35.5. The maximum absolute atomic E-state index is 13.0. The van der Waals surface area contributed by atoms with Crippen molar-refractivity contribution < 1.29 is 13.9 Å². The van der Waals surface area contributed by atoms with Crippen LogP contribution in [-0.4, -0.2) is 21.7 Å². The van der Waals surface area contributed by atoms with Gasteiger partial charge in [0.2, 0.25) is 0 Å². The Bertz CT molecular complexity index is 891. The molecule has 0 saturated heterocycles. The van der Waals surface area contributed by atoms with Crippen LogP contribution in [0.3, 0.4) is 0 Å². The lowest BCUT2D eigenvalue weighted by Crippen LogP contribution is -2.08. The monoisotopic (exact) mass is 362 g/mol. The number of carbonyl (C=O) groups is 1. The van der Waals surface area contributed by atoms with Gasteiger partial charge in [-0.3, -0.25) is 9.78 Å². The molecular weight excluding hydrogens is 351 g/mol. The lowest BCUT2D eigenvalue weighted by atomic mass is 10.2. The average molecular weight is 363 g/mol. The Hall–Kier alpha value is -2.18. The Morgan fingerprint density at radius 3 is 2.79 bits per heavy atom. The van der Waals surface area contributed by atoms with Crippen molar-refractivity contribution in [1.82, 2.24) is 9.97 Å². The van der Waals surface area contributed by atoms with Gasteiger partial charge in [0.1, 0.15) is 17.5 Å². The van der Waals surface area contributed by atoms with Gasteiger partial charge in [-0.25, -0.2) is 9.37 Å². The first-order valence-corrected chi connectivity index (χ1v) is 8.42. The standard InChI is InChI=1S/C17H12ClFN2O2S/c18-13-7-12(19)6-5-11(13)9-23-17(22)10-24-16-8-20-14-3-1-2-4-15(14)21-16/h1-8H,9-10H2. The van der Waals surface area contributed by atoms with Crippen LogP contribution in [0.5, 0.6) is 0 Å². The van der Waals surface area contributed by atoms with Crippen molar-refractivity contribution in [2.45, 2.75) is 11.6 Å². The Kier molecular flexibility index (Phi) is 5.27. The molecule has 122 valence electrons. The molecule has 7 heteroatoms. The molecule has 1 heterocycles. The van der Waals surface area contributed by atoms with Crippen LogP contribution in [0.25, 0.3) is 11.0 Å². The highest BCUT2D eigenvalue weighted by Gasteiger charge is 2.09. The first-order valence-electron chi connectivity index (χ1n) is 7.06. The van der Waals surface area contributed by atoms with Crippen molar-refractivity contribution in [3.63, 3.8) is 0 Å². The molecular formula is C17H12ClFN2O2S. The highest BCUT2D eigenvalue weighted by molar-refractivity contribution is 7.99. The highest BCUT2D eigenvalue weighted by Crippen LogP contribution is 2.20. The molecule has 0 unspecified atom stereocenters. The van der Waals surface area contributed by atoms with Crippen LogP contribution in [0.4, 0.5) is 4.39 Å². The number of aromatic nitrogens is 2. The third-order valence-electron chi connectivity index (χ3n) is 3.17. The van der Waals surface area contributed by atoms with Crippen molar-refractivity contribution >= 4 is 40.4 Å². The molecule has 0 radical (unpaired) electrons. The van der Waals surface area contributed by atoms with Crippen LogP contribution in [0.2, 0.25) is 5.02 Å². The van der Waals surface area contributed by atoms with Crippen LogP contribution < -0.4 is 0 Å². The molecule has 3 rings (SSSR count). The molecule has 4 nitrogen and oxygen atoms in total. The van der Waals surface area contributed by atoms with E-state index in [0.29, 0.717) is 10.6 Å². The number of thioether (sulfide) groups is 1. The summed E-state index contributed by atoms with van der Waals surface area (Å²) in [5.41, 5.74) is 2.13. The summed E-state index contributed by atoms with van der Waals surface area (Å²) >= 11 is 7.13. The first-order chi connectivity index (χ1) is 11.6. The summed E-state index contributed by atoms with van der Waals surface area (Å²) in [6, 6.07) is 11.5. The van der Waals surface area contributed by atoms with Crippen LogP contribution >= 0.6 is 23.4 Å². The van der Waals surface area contributed by atoms with Crippen LogP contribution in [0.1, 0.15) is 5.56 Å². The van der Waals surface area contributed by atoms with E-state index in [0.717, 1.165) is 11.0 Å². The summed E-state index contributed by atoms with van der Waals surface area (Å²) < 4.78 is 18.1. The summed E-state index contributed by atoms with van der Waals surface area (Å²) in [5.74, 6) is -0.734. The molecule has 1 aromatic heterocycles. The van der Waals surface area contributed by atoms with E-state index in [2.05, 4.69) is 9.97 Å². The minimum absolute atomic E-state index is 0.00189. The SMILES string of the molecule is O=C(CSc1cnc2ccccc2n1)OCc1ccc(F)cc1Cl. The Morgan fingerprint density at radius 2 is 2.00 bits per heavy atom. The maximum atomic E-state index is 13.0. The molecule has 3 aromatic rings. The summed E-state index contributed by atoms with van der Waals surface area (Å²) in [7, 11) is 0. The van der Waals surface area contributed by atoms with E-state index in [1.54, 1.807) is 6.20 Å². The van der Waals surface area contributed by atoms with Crippen LogP contribution in [0, 0.1) is 5.82 Å². The van der Waals surface area contributed by atoms with Crippen molar-refractivity contribution in [3.05, 3.63) is 65.1 Å². The molecule has 0 saturated carbocycles. The quantitative estimate of drug-likeness (QED) is 0.501. The Morgan fingerprint density at radius 1 is 1.21 bits per heavy atom. The van der Waals surface area contributed by atoms with E-state index in [1.807, 2.05) is 24.3 Å². The number of ether oxygens (including phenoxy) is 1. The predicted molar refractivity (Wildman–Crippen MR) is 91.5 cm³/mol. The van der Waals surface area contributed by atoms with Crippen molar-refractivity contribution in [2.75, 3.05) is 5.75 Å². The number of fused-ring (bicyclic) bond motifs is 1. The number of rotatable bonds is 5. The zero-order chi connectivity index (χ0) is 16.9. The third-order valence-corrected chi connectivity index (χ3v) is 4.39. The fourth-order valence-electron chi connectivity index (χ4n) is 1.98. The van der Waals surface area contributed by atoms with E-state index in [-0.39, 0.29) is 17.4 Å². The third kappa shape index (κ3) is 4.21. The number of esters is 1. The molecule has 0 amide bonds. The summed E-state index contributed by atoms with van der Waals surface area (Å²) in [4.78, 5) is 20.5. The molecule has 2 aromatic carbocycles. The topological polar surface area (TPSA) is 52.1 Å². The number of carbonyl (C=O) groups excluding carboxylic acids is 1. The van der Waals surface area contributed by atoms with Gasteiger partial charge in [-0.2, -0.15) is 0 Å². The second kappa shape index (κ2) is 7.59. The molecule has 0 aliphatic rings. The van der Waals surface area contributed by atoms with Gasteiger partial charge in [0.25, 0.3) is 0 Å². The fraction of sp³-hybridized carbons (Fsp3) is 0.118. The Balaban J connectivity index is 1.54. The maximum Gasteiger partial charge on any atom is 0.316 e. The van der Waals surface area contributed by atoms with E-state index in [4.69, 9.17) is 16.3 Å². The second-order valence-electron chi connectivity index (χ2n) is 4.88. The van der Waals surface area contributed by atoms with Crippen LogP contribution in [0.15, 0.2) is 53.7 Å². The van der Waals surface area contributed by atoms with Crippen molar-refractivity contribution in [1.29, 1.82) is 0 Å². The summed E-state index contributed by atoms with van der Waals surface area (Å²) in [5, 5.41) is 0.876. The average Bonchev–Trinajstić information content (AvgIpc) is 2.59. The molecule has 0 fully saturated rings.